The summed E-state index contributed by atoms with van der Waals surface area (Å²) in [5.74, 6) is -1.21. The summed E-state index contributed by atoms with van der Waals surface area (Å²) < 4.78 is 42.9. The van der Waals surface area contributed by atoms with Crippen LogP contribution in [0, 0.1) is 61.6 Å². The van der Waals surface area contributed by atoms with Crippen molar-refractivity contribution in [1.82, 2.24) is 14.5 Å². The van der Waals surface area contributed by atoms with E-state index in [1.807, 2.05) is 26.0 Å². The number of aromatic nitrogens is 3. The predicted octanol–water partition coefficient (Wildman–Crippen LogP) is 8.82. The van der Waals surface area contributed by atoms with Gasteiger partial charge in [-0.05, 0) is 91.2 Å². The van der Waals surface area contributed by atoms with E-state index in [-0.39, 0.29) is 51.6 Å². The molecule has 50 heavy (non-hydrogen) atoms. The first-order valence-electron chi connectivity index (χ1n) is 17.7. The second-order valence-electron chi connectivity index (χ2n) is 17.8. The van der Waals surface area contributed by atoms with E-state index in [1.54, 1.807) is 0 Å². The number of imidazole rings is 1. The first-order chi connectivity index (χ1) is 23.2. The summed E-state index contributed by atoms with van der Waals surface area (Å²) in [6, 6.07) is 4.87. The average molecular weight is 687 g/mol. The van der Waals surface area contributed by atoms with Crippen LogP contribution in [0.25, 0.3) is 11.3 Å². The summed E-state index contributed by atoms with van der Waals surface area (Å²) in [5.41, 5.74) is -3.49. The Morgan fingerprint density at radius 3 is 2.38 bits per heavy atom. The van der Waals surface area contributed by atoms with Crippen molar-refractivity contribution in [2.75, 3.05) is 0 Å². The van der Waals surface area contributed by atoms with Gasteiger partial charge in [0.2, 0.25) is 5.91 Å². The second kappa shape index (κ2) is 10.6. The first kappa shape index (κ1) is 34.6. The lowest BCUT2D eigenvalue weighted by atomic mass is 9.34. The molecule has 3 saturated carbocycles. The molecule has 7 rings (SSSR count). The number of nitrogens with zero attached hydrogens (tertiary/aromatic N) is 4. The number of carbonyl (C=O) groups is 3. The van der Waals surface area contributed by atoms with Gasteiger partial charge in [-0.15, -0.1) is 0 Å². The normalized spacial score (nSPS) is 37.3. The van der Waals surface area contributed by atoms with Crippen molar-refractivity contribution < 1.29 is 27.6 Å². The molecule has 0 N–H and O–H groups in total. The van der Waals surface area contributed by atoms with Crippen molar-refractivity contribution in [3.8, 4) is 17.3 Å². The Labute approximate surface area is 291 Å². The van der Waals surface area contributed by atoms with Gasteiger partial charge in [-0.25, -0.2) is 4.98 Å². The van der Waals surface area contributed by atoms with Gasteiger partial charge in [-0.2, -0.15) is 18.4 Å². The fraction of sp³-hybridized carbons (Fsp3) is 0.600. The molecule has 0 radical (unpaired) electrons. The molecule has 2 aromatic rings. The Morgan fingerprint density at radius 1 is 1.00 bits per heavy atom. The van der Waals surface area contributed by atoms with Gasteiger partial charge in [-0.3, -0.25) is 23.9 Å². The molecule has 5 aliphatic rings. The van der Waals surface area contributed by atoms with Crippen molar-refractivity contribution >= 4 is 17.5 Å². The van der Waals surface area contributed by atoms with Crippen molar-refractivity contribution in [3.63, 3.8) is 0 Å². The fourth-order valence-electron chi connectivity index (χ4n) is 11.7. The number of ketones is 2. The zero-order valence-corrected chi connectivity index (χ0v) is 29.9. The summed E-state index contributed by atoms with van der Waals surface area (Å²) in [4.78, 5) is 50.9. The molecule has 0 aliphatic heterocycles. The minimum atomic E-state index is -4.69. The minimum absolute atomic E-state index is 0.0143. The van der Waals surface area contributed by atoms with Crippen molar-refractivity contribution in [2.24, 2.45) is 50.2 Å². The molecule has 5 aliphatic carbocycles. The zero-order chi connectivity index (χ0) is 36.4. The quantitative estimate of drug-likeness (QED) is 0.313. The standard InChI is InChI=1S/C40H45F3N4O3/c1-34(2)12-14-39(33(50)47-21-26(46-22-47)24-9-8-16-45-31(24)40(41,42)43)15-13-38(7)30(25(39)19-34)27(48)17-29-36(5)18-23(20-44)32(49)35(3,4)28(36)10-11-37(29,38)6/h8-9,16-18,21-22,25,28,30H,10-15,19H2,1-7H3/t25?,28?,30-,36-,37+,38+,39-/m0/s1. The second-order valence-corrected chi connectivity index (χ2v) is 17.8. The van der Waals surface area contributed by atoms with Crippen molar-refractivity contribution in [2.45, 2.75) is 99.6 Å². The monoisotopic (exact) mass is 686 g/mol. The number of halogens is 3. The number of Topliss-reactive ketones (excluding diaryl/α,β-unsaturated/α-hetero) is 1. The highest BCUT2D eigenvalue weighted by molar-refractivity contribution is 6.04. The van der Waals surface area contributed by atoms with Crippen LogP contribution in [-0.4, -0.2) is 32.0 Å². The van der Waals surface area contributed by atoms with Gasteiger partial charge in [0.1, 0.15) is 12.4 Å². The summed E-state index contributed by atoms with van der Waals surface area (Å²) >= 11 is 0. The first-order valence-corrected chi connectivity index (χ1v) is 17.7. The molecule has 0 saturated heterocycles. The van der Waals surface area contributed by atoms with Crippen LogP contribution in [0.15, 0.2) is 54.2 Å². The van der Waals surface area contributed by atoms with Gasteiger partial charge in [0.15, 0.2) is 17.3 Å². The molecule has 0 spiro atoms. The molecule has 10 heteroatoms. The van der Waals surface area contributed by atoms with E-state index in [2.05, 4.69) is 50.7 Å². The molecule has 7 atom stereocenters. The Morgan fingerprint density at radius 2 is 1.70 bits per heavy atom. The van der Waals surface area contributed by atoms with Crippen LogP contribution in [0.2, 0.25) is 0 Å². The number of carbonyl (C=O) groups excluding carboxylic acids is 3. The predicted molar refractivity (Wildman–Crippen MR) is 180 cm³/mol. The molecule has 264 valence electrons. The molecule has 0 aromatic carbocycles. The van der Waals surface area contributed by atoms with Crippen LogP contribution >= 0.6 is 0 Å². The summed E-state index contributed by atoms with van der Waals surface area (Å²) in [5, 5.41) is 10.0. The topological polar surface area (TPSA) is 106 Å². The van der Waals surface area contributed by atoms with E-state index in [0.29, 0.717) is 25.7 Å². The number of hydrogen-bond donors (Lipinski definition) is 0. The lowest BCUT2D eigenvalue weighted by Crippen LogP contribution is -2.66. The van der Waals surface area contributed by atoms with Crippen molar-refractivity contribution in [1.29, 1.82) is 5.26 Å². The van der Waals surface area contributed by atoms with E-state index < -0.39 is 44.9 Å². The number of pyridine rings is 1. The maximum Gasteiger partial charge on any atom is 0.434 e. The molecule has 2 heterocycles. The van der Waals surface area contributed by atoms with E-state index in [0.717, 1.165) is 31.0 Å². The number of hydrogen-bond acceptors (Lipinski definition) is 6. The highest BCUT2D eigenvalue weighted by Gasteiger charge is 2.71. The Hall–Kier alpha value is -3.87. The van der Waals surface area contributed by atoms with E-state index >= 15 is 0 Å². The van der Waals surface area contributed by atoms with Gasteiger partial charge in [0, 0.05) is 34.7 Å². The molecule has 0 bridgehead atoms. The Balaban J connectivity index is 1.33. The smallest absolute Gasteiger partial charge is 0.295 e. The third-order valence-electron chi connectivity index (χ3n) is 14.5. The SMILES string of the molecule is CC1(C)CC[C@]2(C(=O)n3cnc(-c4cccnc4C(F)(F)F)c3)CC[C@]3(C)[C@H](C(=O)C=C4[C@@]5(C)C=C(C#N)C(=O)C(C)(C)C5CC[C@]43C)C2C1. The highest BCUT2D eigenvalue weighted by atomic mass is 19.4. The van der Waals surface area contributed by atoms with Crippen LogP contribution < -0.4 is 0 Å². The number of rotatable bonds is 2. The van der Waals surface area contributed by atoms with E-state index in [4.69, 9.17) is 0 Å². The largest absolute Gasteiger partial charge is 0.434 e. The van der Waals surface area contributed by atoms with Crippen LogP contribution in [0.3, 0.4) is 0 Å². The molecular weight excluding hydrogens is 641 g/mol. The molecule has 7 nitrogen and oxygen atoms in total. The Kier molecular flexibility index (Phi) is 7.32. The maximum absolute atomic E-state index is 14.8. The van der Waals surface area contributed by atoms with E-state index in [9.17, 15) is 32.8 Å². The third-order valence-corrected chi connectivity index (χ3v) is 14.5. The van der Waals surface area contributed by atoms with Crippen LogP contribution in [-0.2, 0) is 15.8 Å². The summed E-state index contributed by atoms with van der Waals surface area (Å²) in [7, 11) is 0. The number of fused-ring (bicyclic) bond motifs is 7. The molecule has 3 fully saturated rings. The number of alkyl halides is 3. The molecule has 0 amide bonds. The van der Waals surface area contributed by atoms with Gasteiger partial charge < -0.3 is 0 Å². The Bertz CT molecular complexity index is 1950. The summed E-state index contributed by atoms with van der Waals surface area (Å²) in [6.45, 7) is 14.8. The average Bonchev–Trinajstić information content (AvgIpc) is 3.53. The molecule has 2 aromatic heterocycles. The lowest BCUT2D eigenvalue weighted by Gasteiger charge is -2.69. The third kappa shape index (κ3) is 4.50. The highest BCUT2D eigenvalue weighted by Crippen LogP contribution is 2.74. The van der Waals surface area contributed by atoms with Crippen LogP contribution in [0.5, 0.6) is 0 Å². The van der Waals surface area contributed by atoms with Gasteiger partial charge >= 0.3 is 6.18 Å². The molecule has 2 unspecified atom stereocenters. The van der Waals surface area contributed by atoms with Crippen LogP contribution in [0.4, 0.5) is 13.2 Å². The fourth-order valence-corrected chi connectivity index (χ4v) is 11.7. The van der Waals surface area contributed by atoms with Gasteiger partial charge in [0.25, 0.3) is 0 Å². The van der Waals surface area contributed by atoms with Gasteiger partial charge in [0.05, 0.1) is 16.7 Å². The summed E-state index contributed by atoms with van der Waals surface area (Å²) in [6.07, 6.45) is 7.41. The number of allylic oxidation sites excluding steroid dienone is 4. The number of nitriles is 1. The minimum Gasteiger partial charge on any atom is -0.295 e. The molecular formula is C40H45F3N4O3. The van der Waals surface area contributed by atoms with E-state index in [1.165, 1.54) is 29.2 Å². The maximum atomic E-state index is 14.8. The zero-order valence-electron chi connectivity index (χ0n) is 29.9. The lowest BCUT2D eigenvalue weighted by molar-refractivity contribution is -0.164. The van der Waals surface area contributed by atoms with Gasteiger partial charge in [-0.1, -0.05) is 60.1 Å². The van der Waals surface area contributed by atoms with Crippen LogP contribution in [0.1, 0.15) is 104 Å². The van der Waals surface area contributed by atoms with Crippen molar-refractivity contribution in [3.05, 3.63) is 59.8 Å².